The van der Waals surface area contributed by atoms with Gasteiger partial charge in [-0.3, -0.25) is 10.1 Å². The fourth-order valence-electron chi connectivity index (χ4n) is 2.67. The smallest absolute Gasteiger partial charge is 0.353 e. The van der Waals surface area contributed by atoms with E-state index in [4.69, 9.17) is 0 Å². The minimum Gasteiger partial charge on any atom is -0.393 e. The molecule has 1 aromatic rings. The first kappa shape index (κ1) is 15.4. The average Bonchev–Trinajstić information content (AvgIpc) is 2.45. The molecule has 1 aromatic heterocycles. The Morgan fingerprint density at radius 1 is 1.38 bits per heavy atom. The van der Waals surface area contributed by atoms with Crippen LogP contribution in [0.5, 0.6) is 0 Å². The third-order valence-electron chi connectivity index (χ3n) is 3.66. The predicted molar refractivity (Wildman–Crippen MR) is 79.3 cm³/mol. The largest absolute Gasteiger partial charge is 0.393 e. The van der Waals surface area contributed by atoms with Crippen LogP contribution in [0.15, 0.2) is 6.33 Å². The van der Waals surface area contributed by atoms with E-state index >= 15 is 0 Å². The summed E-state index contributed by atoms with van der Waals surface area (Å²) in [5.41, 5.74) is -0.129. The molecule has 1 aliphatic carbocycles. The van der Waals surface area contributed by atoms with E-state index in [9.17, 15) is 15.2 Å². The van der Waals surface area contributed by atoms with Crippen molar-refractivity contribution in [3.8, 4) is 0 Å². The molecule has 0 aliphatic heterocycles. The lowest BCUT2D eigenvalue weighted by atomic mass is 9.87. The first-order valence-corrected chi connectivity index (χ1v) is 7.27. The molecule has 1 fully saturated rings. The highest BCUT2D eigenvalue weighted by Gasteiger charge is 2.24. The summed E-state index contributed by atoms with van der Waals surface area (Å²) in [6, 6.07) is 0. The molecule has 2 atom stereocenters. The molecular weight excluding hydrogens is 274 g/mol. The number of hydrogen-bond donors (Lipinski definition) is 3. The summed E-state index contributed by atoms with van der Waals surface area (Å²) in [5, 5.41) is 26.8. The van der Waals surface area contributed by atoms with Crippen LogP contribution in [0.1, 0.15) is 32.6 Å². The molecule has 0 aromatic carbocycles. The third kappa shape index (κ3) is 4.01. The van der Waals surface area contributed by atoms with Gasteiger partial charge in [0, 0.05) is 13.1 Å². The van der Waals surface area contributed by atoms with Crippen molar-refractivity contribution in [3.63, 3.8) is 0 Å². The van der Waals surface area contributed by atoms with Crippen LogP contribution in [0.2, 0.25) is 0 Å². The molecule has 2 unspecified atom stereocenters. The van der Waals surface area contributed by atoms with Crippen molar-refractivity contribution in [3.05, 3.63) is 16.4 Å². The van der Waals surface area contributed by atoms with Gasteiger partial charge in [-0.15, -0.1) is 0 Å². The zero-order valence-electron chi connectivity index (χ0n) is 12.1. The van der Waals surface area contributed by atoms with Crippen molar-refractivity contribution in [2.24, 2.45) is 5.92 Å². The quantitative estimate of drug-likeness (QED) is 0.541. The Morgan fingerprint density at radius 3 is 2.71 bits per heavy atom. The monoisotopic (exact) mass is 295 g/mol. The number of nitrogens with zero attached hydrogens (tertiary/aromatic N) is 3. The molecule has 3 N–H and O–H groups in total. The number of nitrogens with one attached hydrogen (secondary N) is 2. The van der Waals surface area contributed by atoms with E-state index in [1.165, 1.54) is 6.33 Å². The summed E-state index contributed by atoms with van der Waals surface area (Å²) < 4.78 is 0. The van der Waals surface area contributed by atoms with Crippen molar-refractivity contribution in [1.82, 2.24) is 9.97 Å². The van der Waals surface area contributed by atoms with Crippen molar-refractivity contribution >= 4 is 17.3 Å². The van der Waals surface area contributed by atoms with Crippen LogP contribution in [-0.2, 0) is 0 Å². The van der Waals surface area contributed by atoms with Gasteiger partial charge in [-0.25, -0.2) is 9.97 Å². The summed E-state index contributed by atoms with van der Waals surface area (Å²) >= 11 is 0. The summed E-state index contributed by atoms with van der Waals surface area (Å²) in [6.07, 6.45) is 4.62. The molecule has 1 saturated carbocycles. The van der Waals surface area contributed by atoms with E-state index in [2.05, 4.69) is 20.6 Å². The average molecular weight is 295 g/mol. The Labute approximate surface area is 123 Å². The van der Waals surface area contributed by atoms with Gasteiger partial charge in [0.2, 0.25) is 11.6 Å². The van der Waals surface area contributed by atoms with Crippen LogP contribution in [-0.4, -0.2) is 39.2 Å². The van der Waals surface area contributed by atoms with E-state index in [1.807, 2.05) is 6.92 Å². The van der Waals surface area contributed by atoms with Gasteiger partial charge in [0.1, 0.15) is 6.33 Å². The molecule has 0 amide bonds. The van der Waals surface area contributed by atoms with E-state index in [0.717, 1.165) is 25.7 Å². The highest BCUT2D eigenvalue weighted by atomic mass is 16.6. The second-order valence-corrected chi connectivity index (χ2v) is 5.27. The maximum atomic E-state index is 11.2. The molecule has 8 heteroatoms. The number of aromatic nitrogens is 2. The second kappa shape index (κ2) is 7.16. The fraction of sp³-hybridized carbons (Fsp3) is 0.692. The molecule has 2 rings (SSSR count). The summed E-state index contributed by atoms with van der Waals surface area (Å²) in [4.78, 5) is 18.6. The molecule has 1 aliphatic rings. The predicted octanol–water partition coefficient (Wildman–Crippen LogP) is 1.78. The van der Waals surface area contributed by atoms with E-state index in [-0.39, 0.29) is 23.4 Å². The zero-order valence-corrected chi connectivity index (χ0v) is 12.1. The van der Waals surface area contributed by atoms with E-state index in [0.29, 0.717) is 19.0 Å². The van der Waals surface area contributed by atoms with Crippen LogP contribution >= 0.6 is 0 Å². The van der Waals surface area contributed by atoms with Gasteiger partial charge in [-0.2, -0.15) is 0 Å². The van der Waals surface area contributed by atoms with Gasteiger partial charge in [0.05, 0.1) is 11.0 Å². The molecule has 0 spiro atoms. The highest BCUT2D eigenvalue weighted by Crippen LogP contribution is 2.30. The number of rotatable bonds is 6. The summed E-state index contributed by atoms with van der Waals surface area (Å²) in [6.45, 7) is 2.97. The van der Waals surface area contributed by atoms with Crippen LogP contribution in [0.4, 0.5) is 17.3 Å². The molecule has 0 saturated heterocycles. The minimum atomic E-state index is -0.476. The van der Waals surface area contributed by atoms with Gasteiger partial charge < -0.3 is 15.7 Å². The lowest BCUT2D eigenvalue weighted by Gasteiger charge is -2.26. The molecule has 21 heavy (non-hydrogen) atoms. The standard InChI is InChI=1S/C13H21N5O3/c1-2-14-12-11(18(20)21)13(17-8-16-12)15-7-9-4-3-5-10(19)6-9/h8-10,19H,2-7H2,1H3,(H2,14,15,16,17). The molecule has 1 heterocycles. The molecule has 8 nitrogen and oxygen atoms in total. The Morgan fingerprint density at radius 2 is 2.10 bits per heavy atom. The minimum absolute atomic E-state index is 0.129. The zero-order chi connectivity index (χ0) is 15.2. The highest BCUT2D eigenvalue weighted by molar-refractivity contribution is 5.69. The van der Waals surface area contributed by atoms with E-state index in [1.54, 1.807) is 0 Å². The van der Waals surface area contributed by atoms with Gasteiger partial charge in [0.15, 0.2) is 0 Å². The fourth-order valence-corrected chi connectivity index (χ4v) is 2.67. The molecule has 0 bridgehead atoms. The van der Waals surface area contributed by atoms with Crippen LogP contribution in [0, 0.1) is 16.0 Å². The number of aliphatic hydroxyl groups is 1. The van der Waals surface area contributed by atoms with Gasteiger partial charge in [-0.1, -0.05) is 6.42 Å². The van der Waals surface area contributed by atoms with Crippen molar-refractivity contribution in [2.45, 2.75) is 38.7 Å². The Hall–Kier alpha value is -1.96. The normalized spacial score (nSPS) is 21.8. The lowest BCUT2D eigenvalue weighted by molar-refractivity contribution is -0.383. The Balaban J connectivity index is 2.08. The van der Waals surface area contributed by atoms with Crippen LogP contribution in [0.25, 0.3) is 0 Å². The van der Waals surface area contributed by atoms with Crippen LogP contribution in [0.3, 0.4) is 0 Å². The maximum Gasteiger partial charge on any atom is 0.353 e. The van der Waals surface area contributed by atoms with E-state index < -0.39 is 4.92 Å². The van der Waals surface area contributed by atoms with Crippen molar-refractivity contribution in [2.75, 3.05) is 23.7 Å². The summed E-state index contributed by atoms with van der Waals surface area (Å²) in [7, 11) is 0. The van der Waals surface area contributed by atoms with Gasteiger partial charge in [-0.05, 0) is 32.1 Å². The topological polar surface area (TPSA) is 113 Å². The number of hydrogen-bond acceptors (Lipinski definition) is 7. The number of anilines is 2. The molecule has 0 radical (unpaired) electrons. The van der Waals surface area contributed by atoms with Gasteiger partial charge >= 0.3 is 5.69 Å². The maximum absolute atomic E-state index is 11.2. The SMILES string of the molecule is CCNc1ncnc(NCC2CCCC(O)C2)c1[N+](=O)[O-]. The first-order chi connectivity index (χ1) is 10.1. The Kier molecular flexibility index (Phi) is 5.26. The van der Waals surface area contributed by atoms with Gasteiger partial charge in [0.25, 0.3) is 0 Å². The van der Waals surface area contributed by atoms with Crippen molar-refractivity contribution in [1.29, 1.82) is 0 Å². The van der Waals surface area contributed by atoms with Crippen LogP contribution < -0.4 is 10.6 Å². The number of nitro groups is 1. The van der Waals surface area contributed by atoms with Crippen molar-refractivity contribution < 1.29 is 10.0 Å². The third-order valence-corrected chi connectivity index (χ3v) is 3.66. The second-order valence-electron chi connectivity index (χ2n) is 5.27. The lowest BCUT2D eigenvalue weighted by Crippen LogP contribution is -2.25. The Bertz CT molecular complexity index is 497. The summed E-state index contributed by atoms with van der Waals surface area (Å²) in [5.74, 6) is 0.764. The number of aliphatic hydroxyl groups excluding tert-OH is 1. The molecular formula is C13H21N5O3. The molecule has 116 valence electrons. The first-order valence-electron chi connectivity index (χ1n) is 7.27.